The number of anilines is 1. The fourth-order valence-corrected chi connectivity index (χ4v) is 4.96. The molecule has 2 heterocycles. The summed E-state index contributed by atoms with van der Waals surface area (Å²) in [5, 5.41) is 3.48. The number of carbonyl (C=O) groups excluding carboxylic acids is 2. The average molecular weight is 511 g/mol. The van der Waals surface area contributed by atoms with Crippen molar-refractivity contribution in [2.45, 2.75) is 25.8 Å². The number of carbonyl (C=O) groups is 2. The molecule has 1 aliphatic rings. The van der Waals surface area contributed by atoms with Gasteiger partial charge in [0, 0.05) is 36.3 Å². The van der Waals surface area contributed by atoms with Gasteiger partial charge in [-0.05, 0) is 61.6 Å². The molecule has 7 nitrogen and oxygen atoms in total. The van der Waals surface area contributed by atoms with Crippen LogP contribution in [0.2, 0.25) is 0 Å². The first kappa shape index (κ1) is 24.9. The number of benzene rings is 3. The van der Waals surface area contributed by atoms with E-state index in [0.29, 0.717) is 35.4 Å². The van der Waals surface area contributed by atoms with E-state index in [1.54, 1.807) is 13.1 Å². The quantitative estimate of drug-likeness (QED) is 0.319. The van der Waals surface area contributed by atoms with Crippen molar-refractivity contribution in [3.05, 3.63) is 78.2 Å². The molecule has 1 saturated heterocycles. The molecule has 3 aromatic carbocycles. The number of halogens is 1. The molecule has 192 valence electrons. The van der Waals surface area contributed by atoms with E-state index >= 15 is 4.39 Å². The minimum atomic E-state index is -0.720. The summed E-state index contributed by atoms with van der Waals surface area (Å²) >= 11 is 0. The molecule has 2 amide bonds. The first-order valence-electron chi connectivity index (χ1n) is 12.4. The van der Waals surface area contributed by atoms with Gasteiger partial charge in [0.2, 0.25) is 0 Å². The van der Waals surface area contributed by atoms with Crippen molar-refractivity contribution in [2.75, 3.05) is 18.0 Å². The number of aromatic nitrogens is 1. The Hall–Kier alpha value is -4.77. The second-order valence-electron chi connectivity index (χ2n) is 9.14. The van der Waals surface area contributed by atoms with Crippen molar-refractivity contribution in [3.63, 3.8) is 0 Å². The summed E-state index contributed by atoms with van der Waals surface area (Å²) in [6.07, 6.45) is 3.28. The molecule has 38 heavy (non-hydrogen) atoms. The number of nitrogens with two attached hydrogens (primary N) is 1. The van der Waals surface area contributed by atoms with Crippen molar-refractivity contribution in [2.24, 2.45) is 5.73 Å². The van der Waals surface area contributed by atoms with Crippen LogP contribution in [0, 0.1) is 17.7 Å². The van der Waals surface area contributed by atoms with Gasteiger partial charge < -0.3 is 25.7 Å². The Morgan fingerprint density at radius 1 is 1.13 bits per heavy atom. The molecule has 1 atom stereocenters. The van der Waals surface area contributed by atoms with Gasteiger partial charge in [-0.1, -0.05) is 36.3 Å². The highest BCUT2D eigenvalue weighted by molar-refractivity contribution is 6.13. The number of nitrogens with zero attached hydrogens (tertiary/aromatic N) is 1. The van der Waals surface area contributed by atoms with Gasteiger partial charge in [-0.15, -0.1) is 0 Å². The summed E-state index contributed by atoms with van der Waals surface area (Å²) in [5.74, 6) is 4.86. The number of aromatic amines is 1. The van der Waals surface area contributed by atoms with Crippen LogP contribution in [-0.2, 0) is 4.79 Å². The Morgan fingerprint density at radius 2 is 1.87 bits per heavy atom. The second kappa shape index (κ2) is 10.7. The highest BCUT2D eigenvalue weighted by Crippen LogP contribution is 2.41. The normalized spacial score (nSPS) is 15.0. The number of primary amides is 1. The molecule has 0 spiro atoms. The lowest BCUT2D eigenvalue weighted by Crippen LogP contribution is -2.47. The number of nitrogens with one attached hydrogen (secondary N) is 2. The first-order valence-corrected chi connectivity index (χ1v) is 12.4. The molecule has 4 aromatic rings. The van der Waals surface area contributed by atoms with E-state index in [2.05, 4.69) is 22.1 Å². The van der Waals surface area contributed by atoms with Crippen molar-refractivity contribution >= 4 is 28.4 Å². The molecule has 8 heteroatoms. The van der Waals surface area contributed by atoms with Crippen molar-refractivity contribution in [1.82, 2.24) is 10.3 Å². The number of para-hydroxylation sites is 1. The van der Waals surface area contributed by atoms with E-state index in [1.807, 2.05) is 59.5 Å². The van der Waals surface area contributed by atoms with Gasteiger partial charge in [0.1, 0.15) is 17.3 Å². The Morgan fingerprint density at radius 3 is 2.58 bits per heavy atom. The third kappa shape index (κ3) is 5.04. The number of H-pyrrole nitrogens is 1. The Kier molecular flexibility index (Phi) is 7.00. The molecule has 4 N–H and O–H groups in total. The molecule has 1 fully saturated rings. The number of ether oxygens (including phenoxy) is 1. The van der Waals surface area contributed by atoms with Crippen LogP contribution >= 0.6 is 0 Å². The zero-order valence-electron chi connectivity index (χ0n) is 20.9. The molecule has 5 rings (SSSR count). The smallest absolute Gasteiger partial charge is 0.296 e. The minimum absolute atomic E-state index is 0.0802. The molecule has 1 aromatic heterocycles. The number of piperidine rings is 1. The number of hydrogen-bond acceptors (Lipinski definition) is 4. The lowest BCUT2D eigenvalue weighted by molar-refractivity contribution is -0.116. The van der Waals surface area contributed by atoms with Gasteiger partial charge in [-0.3, -0.25) is 9.59 Å². The maximum absolute atomic E-state index is 15.7. The Bertz CT molecular complexity index is 1550. The summed E-state index contributed by atoms with van der Waals surface area (Å²) < 4.78 is 21.6. The largest absolute Gasteiger partial charge is 0.457 e. The highest BCUT2D eigenvalue weighted by Gasteiger charge is 2.28. The SMILES string of the molecule is CC#CC(=O)N[C@@H]1CCCN(c2c(F)cc(C(N)=O)c3[nH]cc(-c4ccc(Oc5ccccc5)cc4)c23)C1. The number of rotatable bonds is 6. The number of fused-ring (bicyclic) bond motifs is 1. The summed E-state index contributed by atoms with van der Waals surface area (Å²) in [7, 11) is 0. The molecule has 0 unspecified atom stereocenters. The van der Waals surface area contributed by atoms with Crippen LogP contribution in [0.3, 0.4) is 0 Å². The Labute approximate surface area is 219 Å². The maximum Gasteiger partial charge on any atom is 0.296 e. The number of hydrogen-bond donors (Lipinski definition) is 3. The van der Waals surface area contributed by atoms with Crippen molar-refractivity contribution in [1.29, 1.82) is 0 Å². The third-order valence-corrected chi connectivity index (χ3v) is 6.60. The van der Waals surface area contributed by atoms with Crippen LogP contribution < -0.4 is 20.7 Å². The lowest BCUT2D eigenvalue weighted by Gasteiger charge is -2.35. The van der Waals surface area contributed by atoms with Crippen LogP contribution in [0.4, 0.5) is 10.1 Å². The van der Waals surface area contributed by atoms with Gasteiger partial charge >= 0.3 is 0 Å². The van der Waals surface area contributed by atoms with Crippen LogP contribution in [0.1, 0.15) is 30.1 Å². The molecular formula is C30H27FN4O3. The monoisotopic (exact) mass is 510 g/mol. The highest BCUT2D eigenvalue weighted by atomic mass is 19.1. The van der Waals surface area contributed by atoms with Gasteiger partial charge in [-0.2, -0.15) is 0 Å². The topological polar surface area (TPSA) is 100 Å². The van der Waals surface area contributed by atoms with Crippen LogP contribution in [0.15, 0.2) is 66.9 Å². The fourth-order valence-electron chi connectivity index (χ4n) is 4.96. The van der Waals surface area contributed by atoms with E-state index in [4.69, 9.17) is 10.5 Å². The van der Waals surface area contributed by atoms with Crippen molar-refractivity contribution < 1.29 is 18.7 Å². The van der Waals surface area contributed by atoms with E-state index in [0.717, 1.165) is 29.7 Å². The van der Waals surface area contributed by atoms with E-state index in [-0.39, 0.29) is 17.5 Å². The zero-order chi connectivity index (χ0) is 26.6. The molecule has 0 aliphatic carbocycles. The van der Waals surface area contributed by atoms with Gasteiger partial charge in [0.05, 0.1) is 16.8 Å². The zero-order valence-corrected chi connectivity index (χ0v) is 20.9. The molecule has 0 saturated carbocycles. The molecular weight excluding hydrogens is 483 g/mol. The van der Waals surface area contributed by atoms with E-state index in [1.165, 1.54) is 6.07 Å². The first-order chi connectivity index (χ1) is 18.4. The second-order valence-corrected chi connectivity index (χ2v) is 9.14. The lowest BCUT2D eigenvalue weighted by atomic mass is 9.98. The molecule has 0 bridgehead atoms. The third-order valence-electron chi connectivity index (χ3n) is 6.60. The standard InChI is InChI=1S/C30H27FN4O3/c1-2-7-26(36)34-20-8-6-15-35(18-20)29-25(31)16-23(30(32)37)28-27(29)24(17-33-28)19-11-13-22(14-12-19)38-21-9-4-3-5-10-21/h3-5,9-14,16-17,20,33H,6,8,15,18H2,1H3,(H2,32,37)(H,34,36)/t20-/m1/s1. The van der Waals surface area contributed by atoms with Gasteiger partial charge in [-0.25, -0.2) is 4.39 Å². The minimum Gasteiger partial charge on any atom is -0.457 e. The van der Waals surface area contributed by atoms with E-state index < -0.39 is 11.7 Å². The van der Waals surface area contributed by atoms with Crippen molar-refractivity contribution in [3.8, 4) is 34.5 Å². The molecule has 0 radical (unpaired) electrons. The predicted octanol–water partition coefficient (Wildman–Crippen LogP) is 4.97. The van der Waals surface area contributed by atoms with Crippen LogP contribution in [0.5, 0.6) is 11.5 Å². The maximum atomic E-state index is 15.7. The van der Waals surface area contributed by atoms with Crippen LogP contribution in [0.25, 0.3) is 22.0 Å². The Balaban J connectivity index is 1.54. The van der Waals surface area contributed by atoms with Gasteiger partial charge in [0.15, 0.2) is 0 Å². The van der Waals surface area contributed by atoms with Crippen LogP contribution in [-0.4, -0.2) is 35.9 Å². The van der Waals surface area contributed by atoms with Gasteiger partial charge in [0.25, 0.3) is 11.8 Å². The summed E-state index contributed by atoms with van der Waals surface area (Å²) in [4.78, 5) is 29.3. The average Bonchev–Trinajstić information content (AvgIpc) is 3.34. The fraction of sp³-hybridized carbons (Fsp3) is 0.200. The summed E-state index contributed by atoms with van der Waals surface area (Å²) in [6.45, 7) is 2.61. The summed E-state index contributed by atoms with van der Waals surface area (Å²) in [6, 6.07) is 17.9. The summed E-state index contributed by atoms with van der Waals surface area (Å²) in [5.41, 5.74) is 8.07. The number of amides is 2. The molecule has 1 aliphatic heterocycles. The van der Waals surface area contributed by atoms with E-state index in [9.17, 15) is 9.59 Å². The predicted molar refractivity (Wildman–Crippen MR) is 146 cm³/mol.